The van der Waals surface area contributed by atoms with E-state index in [9.17, 15) is 4.79 Å². The van der Waals surface area contributed by atoms with Gasteiger partial charge in [0.2, 0.25) is 5.91 Å². The van der Waals surface area contributed by atoms with Crippen molar-refractivity contribution >= 4 is 5.91 Å². The fraction of sp³-hybridized carbons (Fsp3) is 0.929. The van der Waals surface area contributed by atoms with E-state index in [1.54, 1.807) is 0 Å². The Labute approximate surface area is 109 Å². The standard InChI is InChI=1S/C14H24N2O2/c17-14(4-3-12-2-1-9-18-12)16-8-6-13-11(10-16)5-7-15-13/h11-13,15H,1-10H2. The van der Waals surface area contributed by atoms with Crippen LogP contribution in [0.25, 0.3) is 0 Å². The normalized spacial score (nSPS) is 35.8. The zero-order valence-electron chi connectivity index (χ0n) is 11.1. The lowest BCUT2D eigenvalue weighted by Gasteiger charge is -2.35. The Hall–Kier alpha value is -0.610. The van der Waals surface area contributed by atoms with E-state index >= 15 is 0 Å². The fourth-order valence-electron chi connectivity index (χ4n) is 3.59. The third kappa shape index (κ3) is 2.69. The van der Waals surface area contributed by atoms with E-state index < -0.39 is 0 Å². The number of rotatable bonds is 3. The maximum atomic E-state index is 12.2. The van der Waals surface area contributed by atoms with Crippen LogP contribution in [0.5, 0.6) is 0 Å². The van der Waals surface area contributed by atoms with Crippen LogP contribution < -0.4 is 5.32 Å². The van der Waals surface area contributed by atoms with Crippen LogP contribution in [0.4, 0.5) is 0 Å². The summed E-state index contributed by atoms with van der Waals surface area (Å²) in [7, 11) is 0. The summed E-state index contributed by atoms with van der Waals surface area (Å²) in [5.74, 6) is 1.04. The summed E-state index contributed by atoms with van der Waals surface area (Å²) < 4.78 is 5.58. The van der Waals surface area contributed by atoms with Gasteiger partial charge in [0.25, 0.3) is 0 Å². The lowest BCUT2D eigenvalue weighted by molar-refractivity contribution is -0.133. The van der Waals surface area contributed by atoms with Gasteiger partial charge in [-0.05, 0) is 44.6 Å². The van der Waals surface area contributed by atoms with Crippen molar-refractivity contribution in [2.45, 2.75) is 50.7 Å². The molecule has 3 atom stereocenters. The summed E-state index contributed by atoms with van der Waals surface area (Å²) in [6.45, 7) is 3.94. The number of amides is 1. The van der Waals surface area contributed by atoms with Crippen LogP contribution in [0.2, 0.25) is 0 Å². The molecule has 4 nitrogen and oxygen atoms in total. The Balaban J connectivity index is 1.44. The third-order valence-corrected chi connectivity index (χ3v) is 4.71. The number of fused-ring (bicyclic) bond motifs is 1. The second-order valence-corrected chi connectivity index (χ2v) is 5.91. The molecular weight excluding hydrogens is 228 g/mol. The number of nitrogens with one attached hydrogen (secondary N) is 1. The SMILES string of the molecule is O=C(CCC1CCCO1)N1CCC2NCCC2C1. The maximum absolute atomic E-state index is 12.2. The second-order valence-electron chi connectivity index (χ2n) is 5.91. The first-order valence-electron chi connectivity index (χ1n) is 7.45. The van der Waals surface area contributed by atoms with Crippen molar-refractivity contribution in [1.82, 2.24) is 10.2 Å². The van der Waals surface area contributed by atoms with Gasteiger partial charge in [0.15, 0.2) is 0 Å². The smallest absolute Gasteiger partial charge is 0.222 e. The lowest BCUT2D eigenvalue weighted by atomic mass is 9.93. The molecule has 3 aliphatic rings. The quantitative estimate of drug-likeness (QED) is 0.819. The molecular formula is C14H24N2O2. The molecule has 0 aliphatic carbocycles. The predicted molar refractivity (Wildman–Crippen MR) is 69.3 cm³/mol. The molecule has 4 heteroatoms. The van der Waals surface area contributed by atoms with Gasteiger partial charge in [-0.15, -0.1) is 0 Å². The van der Waals surface area contributed by atoms with E-state index in [0.29, 0.717) is 30.4 Å². The van der Waals surface area contributed by atoms with E-state index in [4.69, 9.17) is 4.74 Å². The molecule has 102 valence electrons. The van der Waals surface area contributed by atoms with Crippen molar-refractivity contribution in [3.63, 3.8) is 0 Å². The molecule has 3 saturated heterocycles. The number of piperidine rings is 1. The van der Waals surface area contributed by atoms with Gasteiger partial charge in [0, 0.05) is 32.2 Å². The van der Waals surface area contributed by atoms with Crippen LogP contribution in [0, 0.1) is 5.92 Å². The zero-order chi connectivity index (χ0) is 12.4. The largest absolute Gasteiger partial charge is 0.378 e. The minimum atomic E-state index is 0.343. The number of carbonyl (C=O) groups excluding carboxylic acids is 1. The van der Waals surface area contributed by atoms with Crippen molar-refractivity contribution < 1.29 is 9.53 Å². The van der Waals surface area contributed by atoms with Crippen LogP contribution in [-0.4, -0.2) is 49.2 Å². The number of likely N-dealkylation sites (tertiary alicyclic amines) is 1. The summed E-state index contributed by atoms with van der Waals surface area (Å²) in [6, 6.07) is 0.673. The van der Waals surface area contributed by atoms with E-state index in [1.165, 1.54) is 6.42 Å². The molecule has 1 amide bonds. The highest BCUT2D eigenvalue weighted by Crippen LogP contribution is 2.25. The molecule has 0 radical (unpaired) electrons. The van der Waals surface area contributed by atoms with Crippen molar-refractivity contribution in [1.29, 1.82) is 0 Å². The molecule has 0 saturated carbocycles. The molecule has 3 fully saturated rings. The van der Waals surface area contributed by atoms with E-state index in [2.05, 4.69) is 10.2 Å². The fourth-order valence-corrected chi connectivity index (χ4v) is 3.59. The predicted octanol–water partition coefficient (Wildman–Crippen LogP) is 1.16. The Kier molecular flexibility index (Phi) is 3.85. The van der Waals surface area contributed by atoms with E-state index in [1.807, 2.05) is 0 Å². The van der Waals surface area contributed by atoms with Crippen LogP contribution in [0.3, 0.4) is 0 Å². The summed E-state index contributed by atoms with van der Waals surface area (Å²) in [4.78, 5) is 14.3. The number of hydrogen-bond donors (Lipinski definition) is 1. The summed E-state index contributed by atoms with van der Waals surface area (Å²) in [5, 5.41) is 3.54. The first-order chi connectivity index (χ1) is 8.83. The second kappa shape index (κ2) is 5.57. The van der Waals surface area contributed by atoms with Crippen molar-refractivity contribution in [3.8, 4) is 0 Å². The summed E-state index contributed by atoms with van der Waals surface area (Å²) in [6.07, 6.45) is 6.62. The van der Waals surface area contributed by atoms with Crippen molar-refractivity contribution in [3.05, 3.63) is 0 Å². The molecule has 0 spiro atoms. The first-order valence-corrected chi connectivity index (χ1v) is 7.45. The molecule has 0 aromatic heterocycles. The van der Waals surface area contributed by atoms with Crippen LogP contribution in [0.1, 0.15) is 38.5 Å². The van der Waals surface area contributed by atoms with Gasteiger partial charge >= 0.3 is 0 Å². The van der Waals surface area contributed by atoms with Gasteiger partial charge in [0.1, 0.15) is 0 Å². The summed E-state index contributed by atoms with van der Waals surface area (Å²) >= 11 is 0. The Morgan fingerprint density at radius 1 is 1.33 bits per heavy atom. The minimum Gasteiger partial charge on any atom is -0.378 e. The van der Waals surface area contributed by atoms with Gasteiger partial charge in [0.05, 0.1) is 6.10 Å². The van der Waals surface area contributed by atoms with Crippen LogP contribution >= 0.6 is 0 Å². The summed E-state index contributed by atoms with van der Waals surface area (Å²) in [5.41, 5.74) is 0. The molecule has 0 aromatic carbocycles. The van der Waals surface area contributed by atoms with Gasteiger partial charge in [-0.2, -0.15) is 0 Å². The number of hydrogen-bond acceptors (Lipinski definition) is 3. The van der Waals surface area contributed by atoms with Gasteiger partial charge in [-0.1, -0.05) is 0 Å². The third-order valence-electron chi connectivity index (χ3n) is 4.71. The highest BCUT2D eigenvalue weighted by atomic mass is 16.5. The van der Waals surface area contributed by atoms with Crippen molar-refractivity contribution in [2.75, 3.05) is 26.2 Å². The van der Waals surface area contributed by atoms with E-state index in [-0.39, 0.29) is 0 Å². The van der Waals surface area contributed by atoms with Gasteiger partial charge in [-0.25, -0.2) is 0 Å². The molecule has 0 aromatic rings. The zero-order valence-corrected chi connectivity index (χ0v) is 11.1. The monoisotopic (exact) mass is 252 g/mol. The highest BCUT2D eigenvalue weighted by molar-refractivity contribution is 5.76. The molecule has 3 aliphatic heterocycles. The van der Waals surface area contributed by atoms with Crippen LogP contribution in [0.15, 0.2) is 0 Å². The highest BCUT2D eigenvalue weighted by Gasteiger charge is 2.34. The van der Waals surface area contributed by atoms with E-state index in [0.717, 1.165) is 51.9 Å². The Morgan fingerprint density at radius 3 is 3.11 bits per heavy atom. The molecule has 0 bridgehead atoms. The van der Waals surface area contributed by atoms with Gasteiger partial charge in [-0.3, -0.25) is 4.79 Å². The van der Waals surface area contributed by atoms with Gasteiger partial charge < -0.3 is 15.0 Å². The average molecular weight is 252 g/mol. The first kappa shape index (κ1) is 12.4. The number of ether oxygens (including phenoxy) is 1. The molecule has 3 heterocycles. The molecule has 3 unspecified atom stereocenters. The number of nitrogens with zero attached hydrogens (tertiary/aromatic N) is 1. The maximum Gasteiger partial charge on any atom is 0.222 e. The molecule has 3 rings (SSSR count). The Bertz CT molecular complexity index is 302. The average Bonchev–Trinajstić information content (AvgIpc) is 3.05. The van der Waals surface area contributed by atoms with Crippen molar-refractivity contribution in [2.24, 2.45) is 5.92 Å². The number of carbonyl (C=O) groups is 1. The Morgan fingerprint density at radius 2 is 2.28 bits per heavy atom. The molecule has 18 heavy (non-hydrogen) atoms. The lowest BCUT2D eigenvalue weighted by Crippen LogP contribution is -2.46. The minimum absolute atomic E-state index is 0.343. The topological polar surface area (TPSA) is 41.6 Å². The molecule has 1 N–H and O–H groups in total. The van der Waals surface area contributed by atoms with Crippen LogP contribution in [-0.2, 0) is 9.53 Å².